The van der Waals surface area contributed by atoms with Crippen molar-refractivity contribution in [3.05, 3.63) is 53.6 Å². The molecular formula is C21H24N4O3S. The molecule has 0 unspecified atom stereocenters. The number of rotatable bonds is 4. The molecule has 0 atom stereocenters. The van der Waals surface area contributed by atoms with Crippen molar-refractivity contribution < 1.29 is 14.3 Å². The molecule has 0 radical (unpaired) electrons. The number of hydrogen-bond donors (Lipinski definition) is 3. The van der Waals surface area contributed by atoms with Gasteiger partial charge in [0.05, 0.1) is 18.7 Å². The number of thiocarbonyl (C=S) groups is 1. The first kappa shape index (κ1) is 20.6. The highest BCUT2D eigenvalue weighted by Gasteiger charge is 2.25. The van der Waals surface area contributed by atoms with Gasteiger partial charge in [-0.15, -0.1) is 0 Å². The number of para-hydroxylation sites is 3. The van der Waals surface area contributed by atoms with E-state index < -0.39 is 0 Å². The number of carbonyl (C=O) groups excluding carboxylic acids is 2. The third-order valence-electron chi connectivity index (χ3n) is 4.63. The molecule has 152 valence electrons. The van der Waals surface area contributed by atoms with Crippen LogP contribution in [0.2, 0.25) is 0 Å². The van der Waals surface area contributed by atoms with E-state index >= 15 is 0 Å². The lowest BCUT2D eigenvalue weighted by Gasteiger charge is -2.22. The minimum absolute atomic E-state index is 0.139. The summed E-state index contributed by atoms with van der Waals surface area (Å²) in [6.45, 7) is 4.21. The highest BCUT2D eigenvalue weighted by Crippen LogP contribution is 2.30. The van der Waals surface area contributed by atoms with E-state index in [-0.39, 0.29) is 36.5 Å². The van der Waals surface area contributed by atoms with Gasteiger partial charge in [-0.3, -0.25) is 25.3 Å². The Morgan fingerprint density at radius 3 is 2.76 bits per heavy atom. The van der Waals surface area contributed by atoms with Gasteiger partial charge in [0, 0.05) is 5.69 Å². The molecule has 0 saturated heterocycles. The lowest BCUT2D eigenvalue weighted by molar-refractivity contribution is -0.124. The summed E-state index contributed by atoms with van der Waals surface area (Å²) in [5, 5.41) is 3.40. The van der Waals surface area contributed by atoms with E-state index in [2.05, 4.69) is 23.1 Å². The molecule has 0 aliphatic carbocycles. The Morgan fingerprint density at radius 2 is 1.97 bits per heavy atom. The maximum atomic E-state index is 12.4. The molecule has 0 saturated carbocycles. The van der Waals surface area contributed by atoms with Crippen molar-refractivity contribution in [1.82, 2.24) is 10.9 Å². The van der Waals surface area contributed by atoms with Crippen LogP contribution in [0.1, 0.15) is 24.5 Å². The standard InChI is InChI=1S/C21H24N4O3S/c1-3-15-8-6-7-14(2)20(15)22-21(29)24-23-18(26)13-25-16-9-4-5-10-17(16)28-12-11-19(25)27/h4-10H,3,11-13H2,1-2H3,(H,23,26)(H2,22,24,29). The number of amides is 2. The number of hydrogen-bond acceptors (Lipinski definition) is 4. The second-order valence-electron chi connectivity index (χ2n) is 6.64. The summed E-state index contributed by atoms with van der Waals surface area (Å²) in [7, 11) is 0. The number of fused-ring (bicyclic) bond motifs is 1. The highest BCUT2D eigenvalue weighted by atomic mass is 32.1. The van der Waals surface area contributed by atoms with Crippen LogP contribution in [0.4, 0.5) is 11.4 Å². The van der Waals surface area contributed by atoms with Gasteiger partial charge in [-0.2, -0.15) is 0 Å². The van der Waals surface area contributed by atoms with Crippen LogP contribution in [0, 0.1) is 6.92 Å². The molecule has 0 spiro atoms. The first-order chi connectivity index (χ1) is 14.0. The van der Waals surface area contributed by atoms with Gasteiger partial charge in [-0.1, -0.05) is 37.3 Å². The number of hydrazine groups is 1. The quantitative estimate of drug-likeness (QED) is 0.529. The smallest absolute Gasteiger partial charge is 0.258 e. The zero-order valence-electron chi connectivity index (χ0n) is 16.5. The van der Waals surface area contributed by atoms with Crippen LogP contribution in [-0.2, 0) is 16.0 Å². The lowest BCUT2D eigenvalue weighted by atomic mass is 10.1. The van der Waals surface area contributed by atoms with Gasteiger partial charge in [-0.25, -0.2) is 0 Å². The SMILES string of the molecule is CCc1cccc(C)c1NC(=S)NNC(=O)CN1C(=O)CCOc2ccccc21. The summed E-state index contributed by atoms with van der Waals surface area (Å²) >= 11 is 5.30. The summed E-state index contributed by atoms with van der Waals surface area (Å²) in [6.07, 6.45) is 1.07. The van der Waals surface area contributed by atoms with E-state index in [4.69, 9.17) is 17.0 Å². The molecule has 2 aromatic carbocycles. The van der Waals surface area contributed by atoms with Crippen LogP contribution in [0.5, 0.6) is 5.75 Å². The Morgan fingerprint density at radius 1 is 1.17 bits per heavy atom. The van der Waals surface area contributed by atoms with Crippen molar-refractivity contribution in [1.29, 1.82) is 0 Å². The highest BCUT2D eigenvalue weighted by molar-refractivity contribution is 7.80. The van der Waals surface area contributed by atoms with Gasteiger partial charge in [0.2, 0.25) is 5.91 Å². The minimum Gasteiger partial charge on any atom is -0.491 e. The molecule has 1 aliphatic rings. The zero-order chi connectivity index (χ0) is 20.8. The number of carbonyl (C=O) groups is 2. The number of nitrogens with zero attached hydrogens (tertiary/aromatic N) is 1. The van der Waals surface area contributed by atoms with Crippen molar-refractivity contribution >= 4 is 40.5 Å². The fraction of sp³-hybridized carbons (Fsp3) is 0.286. The number of benzene rings is 2. The van der Waals surface area contributed by atoms with E-state index in [0.29, 0.717) is 11.4 Å². The second kappa shape index (κ2) is 9.38. The second-order valence-corrected chi connectivity index (χ2v) is 7.04. The number of anilines is 2. The molecule has 0 fully saturated rings. The Balaban J connectivity index is 1.60. The van der Waals surface area contributed by atoms with Crippen LogP contribution < -0.4 is 25.8 Å². The monoisotopic (exact) mass is 412 g/mol. The number of aryl methyl sites for hydroxylation is 2. The topological polar surface area (TPSA) is 82.7 Å². The predicted molar refractivity (Wildman–Crippen MR) is 117 cm³/mol. The van der Waals surface area contributed by atoms with Gasteiger partial charge in [0.25, 0.3) is 5.91 Å². The molecule has 29 heavy (non-hydrogen) atoms. The van der Waals surface area contributed by atoms with Crippen LogP contribution >= 0.6 is 12.2 Å². The molecule has 3 rings (SSSR count). The lowest BCUT2D eigenvalue weighted by Crippen LogP contribution is -2.49. The molecular weight excluding hydrogens is 388 g/mol. The molecule has 2 aromatic rings. The van der Waals surface area contributed by atoms with Gasteiger partial charge in [0.1, 0.15) is 12.3 Å². The van der Waals surface area contributed by atoms with E-state index in [1.54, 1.807) is 18.2 Å². The average molecular weight is 413 g/mol. The zero-order valence-corrected chi connectivity index (χ0v) is 17.3. The van der Waals surface area contributed by atoms with Crippen molar-refractivity contribution in [3.63, 3.8) is 0 Å². The first-order valence-corrected chi connectivity index (χ1v) is 9.87. The molecule has 0 bridgehead atoms. The molecule has 1 aliphatic heterocycles. The van der Waals surface area contributed by atoms with E-state index in [9.17, 15) is 9.59 Å². The van der Waals surface area contributed by atoms with Crippen LogP contribution in [0.15, 0.2) is 42.5 Å². The van der Waals surface area contributed by atoms with E-state index in [1.807, 2.05) is 31.2 Å². The van der Waals surface area contributed by atoms with Gasteiger partial charge < -0.3 is 10.1 Å². The van der Waals surface area contributed by atoms with Gasteiger partial charge in [0.15, 0.2) is 5.11 Å². The minimum atomic E-state index is -0.389. The van der Waals surface area contributed by atoms with Crippen molar-refractivity contribution in [2.75, 3.05) is 23.4 Å². The fourth-order valence-electron chi connectivity index (χ4n) is 3.15. The largest absolute Gasteiger partial charge is 0.491 e. The third-order valence-corrected chi connectivity index (χ3v) is 4.83. The maximum Gasteiger partial charge on any atom is 0.258 e. The summed E-state index contributed by atoms with van der Waals surface area (Å²) in [6, 6.07) is 13.2. The Kier molecular flexibility index (Phi) is 6.66. The summed E-state index contributed by atoms with van der Waals surface area (Å²) in [4.78, 5) is 26.3. The van der Waals surface area contributed by atoms with E-state index in [0.717, 1.165) is 23.2 Å². The van der Waals surface area contributed by atoms with Crippen molar-refractivity contribution in [2.45, 2.75) is 26.7 Å². The summed E-state index contributed by atoms with van der Waals surface area (Å²) in [5.74, 6) is 0.0287. The fourth-order valence-corrected chi connectivity index (χ4v) is 3.30. The molecule has 8 heteroatoms. The normalized spacial score (nSPS) is 13.0. The number of ether oxygens (including phenoxy) is 1. The molecule has 1 heterocycles. The summed E-state index contributed by atoms with van der Waals surface area (Å²) in [5.41, 5.74) is 8.96. The van der Waals surface area contributed by atoms with E-state index in [1.165, 1.54) is 4.90 Å². The molecule has 7 nitrogen and oxygen atoms in total. The Hall–Kier alpha value is -3.13. The Labute approximate surface area is 175 Å². The van der Waals surface area contributed by atoms with Crippen LogP contribution in [-0.4, -0.2) is 30.1 Å². The van der Waals surface area contributed by atoms with Gasteiger partial charge >= 0.3 is 0 Å². The summed E-state index contributed by atoms with van der Waals surface area (Å²) < 4.78 is 5.59. The number of nitrogens with one attached hydrogen (secondary N) is 3. The average Bonchev–Trinajstić information content (AvgIpc) is 2.87. The van der Waals surface area contributed by atoms with Crippen molar-refractivity contribution in [2.24, 2.45) is 0 Å². The molecule has 0 aromatic heterocycles. The van der Waals surface area contributed by atoms with Gasteiger partial charge in [-0.05, 0) is 48.8 Å². The molecule has 2 amide bonds. The predicted octanol–water partition coefficient (Wildman–Crippen LogP) is 2.69. The first-order valence-electron chi connectivity index (χ1n) is 9.46. The third kappa shape index (κ3) is 5.03. The van der Waals surface area contributed by atoms with Crippen LogP contribution in [0.25, 0.3) is 0 Å². The van der Waals surface area contributed by atoms with Crippen molar-refractivity contribution in [3.8, 4) is 5.75 Å². The maximum absolute atomic E-state index is 12.4. The Bertz CT molecular complexity index is 932. The van der Waals surface area contributed by atoms with Crippen LogP contribution in [0.3, 0.4) is 0 Å². The molecule has 3 N–H and O–H groups in total.